The van der Waals surface area contributed by atoms with Crippen molar-refractivity contribution in [2.45, 2.75) is 32.7 Å². The van der Waals surface area contributed by atoms with E-state index in [-0.39, 0.29) is 16.9 Å². The fourth-order valence-corrected chi connectivity index (χ4v) is 3.66. The number of hydrogen-bond acceptors (Lipinski definition) is 2. The molecule has 0 bridgehead atoms. The van der Waals surface area contributed by atoms with Gasteiger partial charge in [-0.05, 0) is 42.5 Å². The normalized spacial score (nSPS) is 13.0. The van der Waals surface area contributed by atoms with Crippen LogP contribution < -0.4 is 10.7 Å². The lowest BCUT2D eigenvalue weighted by Gasteiger charge is -2.20. The van der Waals surface area contributed by atoms with Crippen LogP contribution in [0, 0.1) is 0 Å². The molecule has 2 aromatic carbocycles. The van der Waals surface area contributed by atoms with Crippen molar-refractivity contribution in [2.24, 2.45) is 0 Å². The summed E-state index contributed by atoms with van der Waals surface area (Å²) in [6.45, 7) is 2.88. The fraction of sp³-hybridized carbons (Fsp3) is 0.238. The van der Waals surface area contributed by atoms with E-state index in [0.717, 1.165) is 42.6 Å². The topological polar surface area (TPSA) is 51.1 Å². The number of para-hydroxylation sites is 2. The highest BCUT2D eigenvalue weighted by Crippen LogP contribution is 2.24. The van der Waals surface area contributed by atoms with Gasteiger partial charge in [0.05, 0.1) is 5.52 Å². The molecule has 1 aliphatic rings. The number of anilines is 1. The molecule has 4 rings (SSSR count). The summed E-state index contributed by atoms with van der Waals surface area (Å²) in [5.41, 5.74) is 3.99. The maximum Gasteiger partial charge on any atom is 0.261 e. The summed E-state index contributed by atoms with van der Waals surface area (Å²) in [7, 11) is 0. The molecule has 1 amide bonds. The van der Waals surface area contributed by atoms with E-state index in [9.17, 15) is 9.59 Å². The number of amides is 1. The number of hydrogen-bond donors (Lipinski definition) is 1. The molecule has 0 saturated heterocycles. The van der Waals surface area contributed by atoms with Crippen LogP contribution in [-0.2, 0) is 19.4 Å². The summed E-state index contributed by atoms with van der Waals surface area (Å²) in [5, 5.41) is 3.55. The first-order valence-electron chi connectivity index (χ1n) is 8.73. The minimum absolute atomic E-state index is 0.193. The number of aryl methyl sites for hydroxylation is 3. The van der Waals surface area contributed by atoms with E-state index in [2.05, 4.69) is 16.0 Å². The molecule has 2 heterocycles. The third kappa shape index (κ3) is 2.64. The number of aromatic nitrogens is 1. The zero-order valence-corrected chi connectivity index (χ0v) is 14.2. The number of pyridine rings is 1. The third-order valence-corrected chi connectivity index (χ3v) is 4.92. The van der Waals surface area contributed by atoms with Gasteiger partial charge in [-0.25, -0.2) is 0 Å². The van der Waals surface area contributed by atoms with Crippen LogP contribution in [0.1, 0.15) is 34.8 Å². The van der Waals surface area contributed by atoms with Gasteiger partial charge in [0.2, 0.25) is 5.43 Å². The van der Waals surface area contributed by atoms with Crippen LogP contribution in [0.4, 0.5) is 5.69 Å². The minimum Gasteiger partial charge on any atom is -0.346 e. The van der Waals surface area contributed by atoms with Crippen LogP contribution in [0.3, 0.4) is 0 Å². The first kappa shape index (κ1) is 15.6. The van der Waals surface area contributed by atoms with Crippen molar-refractivity contribution in [3.63, 3.8) is 0 Å². The number of carbonyl (C=O) groups excluding carboxylic acids is 1. The van der Waals surface area contributed by atoms with Gasteiger partial charge < -0.3 is 9.88 Å². The van der Waals surface area contributed by atoms with Gasteiger partial charge in [0.15, 0.2) is 0 Å². The monoisotopic (exact) mass is 332 g/mol. The smallest absolute Gasteiger partial charge is 0.261 e. The highest BCUT2D eigenvalue weighted by atomic mass is 16.2. The Morgan fingerprint density at radius 3 is 2.84 bits per heavy atom. The predicted octanol–water partition coefficient (Wildman–Crippen LogP) is 3.76. The van der Waals surface area contributed by atoms with Gasteiger partial charge in [-0.1, -0.05) is 37.3 Å². The first-order chi connectivity index (χ1) is 12.2. The van der Waals surface area contributed by atoms with Gasteiger partial charge in [0.25, 0.3) is 5.91 Å². The van der Waals surface area contributed by atoms with Gasteiger partial charge in [0, 0.05) is 23.8 Å². The maximum absolute atomic E-state index is 12.9. The SMILES string of the molecule is CCc1ccccc1NC(=O)c1cn2c3c(cccc3c1=O)CCC2. The lowest BCUT2D eigenvalue weighted by molar-refractivity contribution is 0.102. The average Bonchev–Trinajstić information content (AvgIpc) is 2.65. The Bertz CT molecular complexity index is 1030. The molecule has 4 nitrogen and oxygen atoms in total. The molecule has 4 heteroatoms. The molecule has 25 heavy (non-hydrogen) atoms. The third-order valence-electron chi connectivity index (χ3n) is 4.92. The van der Waals surface area contributed by atoms with Crippen molar-refractivity contribution >= 4 is 22.5 Å². The van der Waals surface area contributed by atoms with Gasteiger partial charge in [-0.2, -0.15) is 0 Å². The van der Waals surface area contributed by atoms with Crippen molar-refractivity contribution in [1.82, 2.24) is 4.57 Å². The predicted molar refractivity (Wildman–Crippen MR) is 100 cm³/mol. The van der Waals surface area contributed by atoms with Gasteiger partial charge in [0.1, 0.15) is 5.56 Å². The van der Waals surface area contributed by atoms with Crippen LogP contribution in [0.25, 0.3) is 10.9 Å². The van der Waals surface area contributed by atoms with Crippen molar-refractivity contribution in [1.29, 1.82) is 0 Å². The Labute approximate surface area is 146 Å². The van der Waals surface area contributed by atoms with Crippen molar-refractivity contribution in [2.75, 3.05) is 5.32 Å². The quantitative estimate of drug-likeness (QED) is 0.794. The molecule has 0 aliphatic carbocycles. The van der Waals surface area contributed by atoms with Crippen LogP contribution in [0.2, 0.25) is 0 Å². The highest BCUT2D eigenvalue weighted by molar-refractivity contribution is 6.06. The molecular formula is C21H20N2O2. The summed E-state index contributed by atoms with van der Waals surface area (Å²) in [6.07, 6.45) is 4.54. The number of nitrogens with one attached hydrogen (secondary N) is 1. The molecule has 0 spiro atoms. The largest absolute Gasteiger partial charge is 0.346 e. The number of benzene rings is 2. The van der Waals surface area contributed by atoms with Crippen LogP contribution in [0.15, 0.2) is 53.5 Å². The standard InChI is InChI=1S/C21H20N2O2/c1-2-14-7-3-4-11-18(14)22-21(25)17-13-23-12-6-9-15-8-5-10-16(19(15)23)20(17)24/h3-5,7-8,10-11,13H,2,6,9,12H2,1H3,(H,22,25). The molecule has 0 saturated carbocycles. The second-order valence-electron chi connectivity index (χ2n) is 6.45. The molecule has 1 N–H and O–H groups in total. The summed E-state index contributed by atoms with van der Waals surface area (Å²) < 4.78 is 2.05. The molecule has 126 valence electrons. The molecular weight excluding hydrogens is 312 g/mol. The molecule has 1 aliphatic heterocycles. The summed E-state index contributed by atoms with van der Waals surface area (Å²) in [6, 6.07) is 13.5. The second kappa shape index (κ2) is 6.20. The Hall–Kier alpha value is -2.88. The van der Waals surface area contributed by atoms with Crippen molar-refractivity contribution in [3.05, 3.63) is 75.6 Å². The second-order valence-corrected chi connectivity index (χ2v) is 6.45. The maximum atomic E-state index is 12.9. The number of rotatable bonds is 3. The molecule has 1 aromatic heterocycles. The Balaban J connectivity index is 1.81. The summed E-state index contributed by atoms with van der Waals surface area (Å²) in [5.74, 6) is -0.340. The Kier molecular flexibility index (Phi) is 3.88. The van der Waals surface area contributed by atoms with E-state index in [0.29, 0.717) is 5.39 Å². The first-order valence-corrected chi connectivity index (χ1v) is 8.73. The Morgan fingerprint density at radius 2 is 2.00 bits per heavy atom. The van der Waals surface area contributed by atoms with Crippen molar-refractivity contribution < 1.29 is 4.79 Å². The van der Waals surface area contributed by atoms with E-state index < -0.39 is 0 Å². The van der Waals surface area contributed by atoms with Crippen LogP contribution in [0.5, 0.6) is 0 Å². The molecule has 0 unspecified atom stereocenters. The van der Waals surface area contributed by atoms with Crippen molar-refractivity contribution in [3.8, 4) is 0 Å². The Morgan fingerprint density at radius 1 is 1.16 bits per heavy atom. The van der Waals surface area contributed by atoms with Gasteiger partial charge in [-0.15, -0.1) is 0 Å². The summed E-state index contributed by atoms with van der Waals surface area (Å²) >= 11 is 0. The summed E-state index contributed by atoms with van der Waals surface area (Å²) in [4.78, 5) is 25.7. The minimum atomic E-state index is -0.340. The van der Waals surface area contributed by atoms with E-state index >= 15 is 0 Å². The zero-order valence-electron chi connectivity index (χ0n) is 14.2. The lowest BCUT2D eigenvalue weighted by Crippen LogP contribution is -2.25. The van der Waals surface area contributed by atoms with Gasteiger partial charge in [-0.3, -0.25) is 9.59 Å². The van der Waals surface area contributed by atoms with Gasteiger partial charge >= 0.3 is 0 Å². The molecule has 0 atom stereocenters. The molecule has 0 radical (unpaired) electrons. The zero-order chi connectivity index (χ0) is 17.4. The van der Waals surface area contributed by atoms with Crippen LogP contribution >= 0.6 is 0 Å². The van der Waals surface area contributed by atoms with E-state index in [1.807, 2.05) is 43.3 Å². The highest BCUT2D eigenvalue weighted by Gasteiger charge is 2.19. The molecule has 0 fully saturated rings. The number of nitrogens with zero attached hydrogens (tertiary/aromatic N) is 1. The molecule has 3 aromatic rings. The number of carbonyl (C=O) groups is 1. The lowest BCUT2D eigenvalue weighted by atomic mass is 9.99. The fourth-order valence-electron chi connectivity index (χ4n) is 3.66. The van der Waals surface area contributed by atoms with E-state index in [4.69, 9.17) is 0 Å². The average molecular weight is 332 g/mol. The van der Waals surface area contributed by atoms with Crippen LogP contribution in [-0.4, -0.2) is 10.5 Å². The van der Waals surface area contributed by atoms with E-state index in [1.54, 1.807) is 6.20 Å². The van der Waals surface area contributed by atoms with E-state index in [1.165, 1.54) is 5.56 Å².